The largest absolute Gasteiger partial charge is 0.479 e. The molecule has 3 N–H and O–H groups in total. The Kier molecular flexibility index (Phi) is 4.97. The molecule has 0 amide bonds. The Morgan fingerprint density at radius 2 is 2.33 bits per heavy atom. The summed E-state index contributed by atoms with van der Waals surface area (Å²) in [5.74, 6) is -1.07. The van der Waals surface area contributed by atoms with Crippen molar-refractivity contribution < 1.29 is 24.6 Å². The molecule has 1 saturated heterocycles. The lowest BCUT2D eigenvalue weighted by Crippen LogP contribution is -2.43. The summed E-state index contributed by atoms with van der Waals surface area (Å²) in [6, 6.07) is 0. The molecule has 88 valence electrons. The highest BCUT2D eigenvalue weighted by Crippen LogP contribution is 2.20. The van der Waals surface area contributed by atoms with Gasteiger partial charge in [-0.25, -0.2) is 4.79 Å². The predicted molar refractivity (Wildman–Crippen MR) is 50.9 cm³/mol. The number of carboxylic acids is 1. The number of aliphatic hydroxyl groups is 1. The average Bonchev–Trinajstić information content (AvgIpc) is 2.17. The molecule has 0 spiro atoms. The van der Waals surface area contributed by atoms with E-state index in [-0.39, 0.29) is 6.42 Å². The van der Waals surface area contributed by atoms with Crippen LogP contribution >= 0.6 is 0 Å². The Balaban J connectivity index is 2.34. The number of nitrogens with one attached hydrogen (secondary N) is 1. The van der Waals surface area contributed by atoms with E-state index < -0.39 is 24.5 Å². The molecule has 0 radical (unpaired) electrons. The fourth-order valence-electron chi connectivity index (χ4n) is 1.35. The third-order valence-corrected chi connectivity index (χ3v) is 2.11. The van der Waals surface area contributed by atoms with Crippen molar-refractivity contribution in [2.24, 2.45) is 0 Å². The van der Waals surface area contributed by atoms with Gasteiger partial charge in [-0.05, 0) is 6.42 Å². The van der Waals surface area contributed by atoms with E-state index in [2.05, 4.69) is 5.48 Å². The number of aliphatic carboxylic acids is 1. The van der Waals surface area contributed by atoms with Crippen LogP contribution in [0.4, 0.5) is 0 Å². The number of hydrogen-bond acceptors (Lipinski definition) is 5. The van der Waals surface area contributed by atoms with Gasteiger partial charge in [-0.2, -0.15) is 5.48 Å². The summed E-state index contributed by atoms with van der Waals surface area (Å²) in [5, 5.41) is 18.1. The standard InChI is InChI=1S/C9H17NO5/c1-2-3-10-15-8-5-6(11)4-7(14-8)9(12)13/h6-8,10-11H,2-5H2,1H3,(H,12,13)/t6?,7-,8?/m0/s1. The molecule has 0 bridgehead atoms. The van der Waals surface area contributed by atoms with E-state index >= 15 is 0 Å². The molecule has 3 atom stereocenters. The molecule has 0 saturated carbocycles. The first kappa shape index (κ1) is 12.4. The van der Waals surface area contributed by atoms with E-state index in [0.717, 1.165) is 6.42 Å². The maximum absolute atomic E-state index is 10.7. The summed E-state index contributed by atoms with van der Waals surface area (Å²) in [6.45, 7) is 2.64. The Morgan fingerprint density at radius 3 is 2.93 bits per heavy atom. The minimum Gasteiger partial charge on any atom is -0.479 e. The van der Waals surface area contributed by atoms with E-state index in [0.29, 0.717) is 13.0 Å². The second kappa shape index (κ2) is 6.02. The highest BCUT2D eigenvalue weighted by molar-refractivity contribution is 5.72. The first-order valence-electron chi connectivity index (χ1n) is 5.08. The molecule has 1 aliphatic rings. The van der Waals surface area contributed by atoms with Crippen molar-refractivity contribution in [3.63, 3.8) is 0 Å². The van der Waals surface area contributed by atoms with Crippen molar-refractivity contribution in [1.82, 2.24) is 5.48 Å². The average molecular weight is 219 g/mol. The van der Waals surface area contributed by atoms with Gasteiger partial charge in [0.05, 0.1) is 6.10 Å². The molecule has 1 rings (SSSR count). The zero-order chi connectivity index (χ0) is 11.3. The lowest BCUT2D eigenvalue weighted by Gasteiger charge is -2.30. The van der Waals surface area contributed by atoms with Crippen LogP contribution in [0.5, 0.6) is 0 Å². The zero-order valence-corrected chi connectivity index (χ0v) is 8.68. The molecular weight excluding hydrogens is 202 g/mol. The van der Waals surface area contributed by atoms with E-state index in [1.807, 2.05) is 6.92 Å². The molecule has 6 heteroatoms. The molecule has 1 fully saturated rings. The smallest absolute Gasteiger partial charge is 0.333 e. The predicted octanol–water partition coefficient (Wildman–Crippen LogP) is -0.132. The van der Waals surface area contributed by atoms with E-state index in [9.17, 15) is 9.90 Å². The molecule has 15 heavy (non-hydrogen) atoms. The molecule has 0 aromatic heterocycles. The van der Waals surface area contributed by atoms with Gasteiger partial charge in [0.1, 0.15) is 0 Å². The number of aliphatic hydroxyl groups excluding tert-OH is 1. The first-order chi connectivity index (χ1) is 7.13. The van der Waals surface area contributed by atoms with Gasteiger partial charge in [0.2, 0.25) is 0 Å². The Morgan fingerprint density at radius 1 is 1.60 bits per heavy atom. The van der Waals surface area contributed by atoms with Crippen LogP contribution in [0.25, 0.3) is 0 Å². The van der Waals surface area contributed by atoms with Crippen molar-refractivity contribution >= 4 is 5.97 Å². The topological polar surface area (TPSA) is 88.0 Å². The van der Waals surface area contributed by atoms with Crippen LogP contribution in [-0.2, 0) is 14.4 Å². The van der Waals surface area contributed by atoms with Crippen LogP contribution in [0, 0.1) is 0 Å². The molecule has 1 heterocycles. The Labute approximate surface area is 88.1 Å². The van der Waals surface area contributed by atoms with Gasteiger partial charge in [-0.1, -0.05) is 6.92 Å². The van der Waals surface area contributed by atoms with E-state index in [4.69, 9.17) is 14.7 Å². The fourth-order valence-corrected chi connectivity index (χ4v) is 1.35. The minimum atomic E-state index is -1.07. The minimum absolute atomic E-state index is 0.114. The Bertz CT molecular complexity index is 211. The number of carboxylic acid groups (broad SMARTS) is 1. The Hall–Kier alpha value is -0.690. The summed E-state index contributed by atoms with van der Waals surface area (Å²) < 4.78 is 5.12. The lowest BCUT2D eigenvalue weighted by molar-refractivity contribution is -0.242. The van der Waals surface area contributed by atoms with Crippen molar-refractivity contribution in [3.05, 3.63) is 0 Å². The monoisotopic (exact) mass is 219 g/mol. The fraction of sp³-hybridized carbons (Fsp3) is 0.889. The van der Waals surface area contributed by atoms with Crippen molar-refractivity contribution in [1.29, 1.82) is 0 Å². The lowest BCUT2D eigenvalue weighted by atomic mass is 10.1. The number of hydrogen-bond donors (Lipinski definition) is 3. The van der Waals surface area contributed by atoms with Crippen LogP contribution in [-0.4, -0.2) is 41.2 Å². The van der Waals surface area contributed by atoms with Gasteiger partial charge < -0.3 is 14.9 Å². The summed E-state index contributed by atoms with van der Waals surface area (Å²) >= 11 is 0. The van der Waals surface area contributed by atoms with Gasteiger partial charge in [-0.3, -0.25) is 4.84 Å². The van der Waals surface area contributed by atoms with Gasteiger partial charge in [-0.15, -0.1) is 0 Å². The van der Waals surface area contributed by atoms with Crippen molar-refractivity contribution in [2.75, 3.05) is 6.54 Å². The van der Waals surface area contributed by atoms with Crippen LogP contribution in [0.1, 0.15) is 26.2 Å². The number of ether oxygens (including phenoxy) is 1. The van der Waals surface area contributed by atoms with Gasteiger partial charge in [0.15, 0.2) is 12.4 Å². The van der Waals surface area contributed by atoms with Gasteiger partial charge in [0.25, 0.3) is 0 Å². The molecular formula is C9H17NO5. The van der Waals surface area contributed by atoms with Crippen molar-refractivity contribution in [2.45, 2.75) is 44.7 Å². The van der Waals surface area contributed by atoms with Crippen LogP contribution in [0.3, 0.4) is 0 Å². The molecule has 0 aromatic carbocycles. The summed E-state index contributed by atoms with van der Waals surface area (Å²) in [6.07, 6.45) is -1.06. The number of carbonyl (C=O) groups is 1. The quantitative estimate of drug-likeness (QED) is 0.441. The molecule has 1 aliphatic heterocycles. The van der Waals surface area contributed by atoms with Gasteiger partial charge in [0, 0.05) is 19.4 Å². The zero-order valence-electron chi connectivity index (χ0n) is 8.68. The maximum atomic E-state index is 10.7. The van der Waals surface area contributed by atoms with Crippen LogP contribution in [0.15, 0.2) is 0 Å². The SMILES string of the molecule is CCCNOC1CC(O)C[C@@H](C(=O)O)O1. The summed E-state index contributed by atoms with van der Waals surface area (Å²) in [4.78, 5) is 15.7. The third kappa shape index (κ3) is 4.13. The third-order valence-electron chi connectivity index (χ3n) is 2.11. The van der Waals surface area contributed by atoms with Crippen LogP contribution in [0.2, 0.25) is 0 Å². The highest BCUT2D eigenvalue weighted by Gasteiger charge is 2.33. The molecule has 0 aromatic rings. The number of hydroxylamine groups is 1. The molecule has 6 nitrogen and oxygen atoms in total. The summed E-state index contributed by atoms with van der Waals surface area (Å²) in [7, 11) is 0. The van der Waals surface area contributed by atoms with Crippen LogP contribution < -0.4 is 5.48 Å². The highest BCUT2D eigenvalue weighted by atomic mass is 16.8. The normalized spacial score (nSPS) is 31.5. The summed E-state index contributed by atoms with van der Waals surface area (Å²) in [5.41, 5.74) is 2.66. The van der Waals surface area contributed by atoms with E-state index in [1.54, 1.807) is 0 Å². The second-order valence-electron chi connectivity index (χ2n) is 3.53. The first-order valence-corrected chi connectivity index (χ1v) is 5.08. The number of rotatable bonds is 5. The maximum Gasteiger partial charge on any atom is 0.333 e. The van der Waals surface area contributed by atoms with Gasteiger partial charge >= 0.3 is 5.97 Å². The molecule has 2 unspecified atom stereocenters. The second-order valence-corrected chi connectivity index (χ2v) is 3.53. The van der Waals surface area contributed by atoms with E-state index in [1.165, 1.54) is 0 Å². The molecule has 0 aliphatic carbocycles. The van der Waals surface area contributed by atoms with Crippen molar-refractivity contribution in [3.8, 4) is 0 Å².